The Labute approximate surface area is 158 Å². The molecule has 27 heavy (non-hydrogen) atoms. The highest BCUT2D eigenvalue weighted by molar-refractivity contribution is 5.84. The van der Waals surface area contributed by atoms with Crippen LogP contribution in [0.5, 0.6) is 0 Å². The third-order valence-electron chi connectivity index (χ3n) is 4.69. The van der Waals surface area contributed by atoms with E-state index < -0.39 is 0 Å². The zero-order chi connectivity index (χ0) is 19.4. The maximum absolute atomic E-state index is 12.1. The van der Waals surface area contributed by atoms with Gasteiger partial charge in [0, 0.05) is 31.2 Å². The molecule has 3 rings (SSSR count). The number of hydrogen-bond donors (Lipinski definition) is 3. The van der Waals surface area contributed by atoms with Gasteiger partial charge >= 0.3 is 0 Å². The molecule has 0 atom stereocenters. The molecule has 0 unspecified atom stereocenters. The van der Waals surface area contributed by atoms with Crippen molar-refractivity contribution in [3.63, 3.8) is 0 Å². The fraction of sp³-hybridized carbons (Fsp3) is 0.300. The first-order valence-electron chi connectivity index (χ1n) is 8.96. The van der Waals surface area contributed by atoms with E-state index in [1.165, 1.54) is 0 Å². The molecule has 2 aromatic heterocycles. The summed E-state index contributed by atoms with van der Waals surface area (Å²) in [6.07, 6.45) is 2.70. The first-order chi connectivity index (χ1) is 13.0. The predicted molar refractivity (Wildman–Crippen MR) is 104 cm³/mol. The van der Waals surface area contributed by atoms with Crippen LogP contribution >= 0.6 is 0 Å². The molecule has 0 saturated heterocycles. The first-order valence-corrected chi connectivity index (χ1v) is 8.96. The number of hydrazone groups is 1. The van der Waals surface area contributed by atoms with Crippen LogP contribution in [-0.4, -0.2) is 27.4 Å². The van der Waals surface area contributed by atoms with Crippen LogP contribution in [0.3, 0.4) is 0 Å². The lowest BCUT2D eigenvalue weighted by molar-refractivity contribution is -0.661. The minimum absolute atomic E-state index is 0.118. The number of benzene rings is 1. The lowest BCUT2D eigenvalue weighted by Gasteiger charge is -2.01. The van der Waals surface area contributed by atoms with E-state index in [-0.39, 0.29) is 5.91 Å². The van der Waals surface area contributed by atoms with Crippen LogP contribution in [0.4, 0.5) is 0 Å². The zero-order valence-corrected chi connectivity index (χ0v) is 16.1. The van der Waals surface area contributed by atoms with Crippen LogP contribution in [0, 0.1) is 27.7 Å². The largest absolute Gasteiger partial charge is 0.282 e. The summed E-state index contributed by atoms with van der Waals surface area (Å²) in [5.74, 6) is -0.118. The molecule has 7 nitrogen and oxygen atoms in total. The number of H-pyrrole nitrogens is 2. The van der Waals surface area contributed by atoms with E-state index in [0.717, 1.165) is 39.6 Å². The summed E-state index contributed by atoms with van der Waals surface area (Å²) in [5.41, 5.74) is 9.67. The van der Waals surface area contributed by atoms with Gasteiger partial charge in [-0.1, -0.05) is 22.9 Å². The summed E-state index contributed by atoms with van der Waals surface area (Å²) in [5, 5.41) is 14.5. The van der Waals surface area contributed by atoms with Crippen molar-refractivity contribution in [3.05, 3.63) is 64.2 Å². The van der Waals surface area contributed by atoms with Crippen molar-refractivity contribution in [1.29, 1.82) is 0 Å². The Hall–Kier alpha value is -3.22. The molecule has 0 aliphatic rings. The number of nitrogens with zero attached hydrogens (tertiary/aromatic N) is 3. The quantitative estimate of drug-likeness (QED) is 0.355. The van der Waals surface area contributed by atoms with Gasteiger partial charge in [0.05, 0.1) is 23.2 Å². The maximum atomic E-state index is 12.1. The number of nitrogens with one attached hydrogen (secondary N) is 3. The number of amides is 1. The molecule has 140 valence electrons. The predicted octanol–water partition coefficient (Wildman–Crippen LogP) is 2.33. The van der Waals surface area contributed by atoms with Crippen LogP contribution in [0.15, 0.2) is 35.4 Å². The van der Waals surface area contributed by atoms with E-state index in [4.69, 9.17) is 0 Å². The fourth-order valence-electron chi connectivity index (χ4n) is 3.13. The van der Waals surface area contributed by atoms with Gasteiger partial charge in [-0.25, -0.2) is 5.43 Å². The summed E-state index contributed by atoms with van der Waals surface area (Å²) in [7, 11) is 0. The van der Waals surface area contributed by atoms with Gasteiger partial charge in [-0.2, -0.15) is 15.3 Å². The topological polar surface area (TPSA) is 89.8 Å². The number of rotatable bonds is 6. The first kappa shape index (κ1) is 18.6. The van der Waals surface area contributed by atoms with E-state index in [9.17, 15) is 4.79 Å². The average Bonchev–Trinajstić information content (AvgIpc) is 3.13. The second kappa shape index (κ2) is 7.99. The molecule has 0 bridgehead atoms. The molecule has 1 aromatic carbocycles. The van der Waals surface area contributed by atoms with E-state index in [0.29, 0.717) is 12.8 Å². The van der Waals surface area contributed by atoms with Crippen LogP contribution in [-0.2, 0) is 11.2 Å². The minimum atomic E-state index is -0.118. The highest BCUT2D eigenvalue weighted by Crippen LogP contribution is 2.12. The van der Waals surface area contributed by atoms with Crippen molar-refractivity contribution in [2.45, 2.75) is 40.5 Å². The standard InChI is InChI=1S/C20H24N6O/c1-13-18(14(2)23-22-13)10-11-20(27)24-21-12-19-15(3)25-26(16(19)4)17-8-6-5-7-9-17/h5-9,12H,10-11H2,1-4H3,(H2,22,23,24,27)/p+1. The summed E-state index contributed by atoms with van der Waals surface area (Å²) in [6.45, 7) is 7.91. The normalized spacial score (nSPS) is 11.3. The molecule has 0 aliphatic carbocycles. The van der Waals surface area contributed by atoms with Crippen molar-refractivity contribution in [2.75, 3.05) is 0 Å². The second-order valence-corrected chi connectivity index (χ2v) is 6.61. The van der Waals surface area contributed by atoms with E-state index in [1.807, 2.05) is 62.7 Å². The molecule has 0 spiro atoms. The van der Waals surface area contributed by atoms with Crippen molar-refractivity contribution >= 4 is 12.1 Å². The van der Waals surface area contributed by atoms with E-state index >= 15 is 0 Å². The van der Waals surface area contributed by atoms with Crippen LogP contribution in [0.2, 0.25) is 0 Å². The van der Waals surface area contributed by atoms with Gasteiger partial charge in [-0.3, -0.25) is 9.89 Å². The molecule has 3 N–H and O–H groups in total. The SMILES string of the molecule is Cc1n[nH]c(C)c1CCC(=O)NN=Cc1c(C)[nH][n+](-c2ccccc2)c1C. The summed E-state index contributed by atoms with van der Waals surface area (Å²) in [4.78, 5) is 12.1. The number of aromatic amines is 2. The Balaban J connectivity index is 1.63. The van der Waals surface area contributed by atoms with Gasteiger partial charge in [0.1, 0.15) is 0 Å². The van der Waals surface area contributed by atoms with Crippen LogP contribution in [0.1, 0.15) is 40.3 Å². The lowest BCUT2D eigenvalue weighted by Crippen LogP contribution is -2.35. The van der Waals surface area contributed by atoms with Crippen LogP contribution < -0.4 is 10.1 Å². The Morgan fingerprint density at radius 3 is 2.59 bits per heavy atom. The van der Waals surface area contributed by atoms with Crippen molar-refractivity contribution in [3.8, 4) is 5.69 Å². The zero-order valence-electron chi connectivity index (χ0n) is 16.1. The Bertz CT molecular complexity index is 949. The molecular weight excluding hydrogens is 340 g/mol. The maximum Gasteiger partial charge on any atom is 0.240 e. The second-order valence-electron chi connectivity index (χ2n) is 6.61. The smallest absolute Gasteiger partial charge is 0.240 e. The third kappa shape index (κ3) is 4.13. The third-order valence-corrected chi connectivity index (χ3v) is 4.69. The average molecular weight is 365 g/mol. The molecule has 0 aliphatic heterocycles. The molecular formula is C20H25N6O+. The van der Waals surface area contributed by atoms with E-state index in [1.54, 1.807) is 6.21 Å². The van der Waals surface area contributed by atoms with Gasteiger partial charge < -0.3 is 0 Å². The molecule has 0 radical (unpaired) electrons. The summed E-state index contributed by atoms with van der Waals surface area (Å²) < 4.78 is 2.00. The Morgan fingerprint density at radius 2 is 1.93 bits per heavy atom. The number of aryl methyl sites for hydroxylation is 3. The van der Waals surface area contributed by atoms with Gasteiger partial charge in [-0.15, -0.1) is 0 Å². The van der Waals surface area contributed by atoms with Gasteiger partial charge in [0.25, 0.3) is 0 Å². The number of aromatic nitrogens is 4. The minimum Gasteiger partial charge on any atom is -0.282 e. The van der Waals surface area contributed by atoms with Crippen molar-refractivity contribution < 1.29 is 9.48 Å². The van der Waals surface area contributed by atoms with Gasteiger partial charge in [0.15, 0.2) is 0 Å². The number of para-hydroxylation sites is 1. The highest BCUT2D eigenvalue weighted by Gasteiger charge is 2.19. The van der Waals surface area contributed by atoms with Crippen molar-refractivity contribution in [1.82, 2.24) is 20.7 Å². The lowest BCUT2D eigenvalue weighted by atomic mass is 10.1. The monoisotopic (exact) mass is 365 g/mol. The Kier molecular flexibility index (Phi) is 5.49. The highest BCUT2D eigenvalue weighted by atomic mass is 16.2. The van der Waals surface area contributed by atoms with Gasteiger partial charge in [0.2, 0.25) is 17.3 Å². The summed E-state index contributed by atoms with van der Waals surface area (Å²) in [6, 6.07) is 10.0. The molecule has 2 heterocycles. The molecule has 1 amide bonds. The number of hydrogen-bond acceptors (Lipinski definition) is 3. The molecule has 3 aromatic rings. The number of carbonyl (C=O) groups is 1. The van der Waals surface area contributed by atoms with Crippen LogP contribution in [0.25, 0.3) is 5.69 Å². The summed E-state index contributed by atoms with van der Waals surface area (Å²) >= 11 is 0. The van der Waals surface area contributed by atoms with E-state index in [2.05, 4.69) is 25.8 Å². The molecule has 0 fully saturated rings. The molecule has 7 heteroatoms. The number of carbonyl (C=O) groups excluding carboxylic acids is 1. The fourth-order valence-corrected chi connectivity index (χ4v) is 3.13. The van der Waals surface area contributed by atoms with Crippen molar-refractivity contribution in [2.24, 2.45) is 5.10 Å². The Morgan fingerprint density at radius 1 is 1.19 bits per heavy atom. The molecule has 0 saturated carbocycles. The van der Waals surface area contributed by atoms with Gasteiger partial charge in [-0.05, 0) is 32.8 Å².